The van der Waals surface area contributed by atoms with Crippen LogP contribution in [0.3, 0.4) is 0 Å². The highest BCUT2D eigenvalue weighted by Crippen LogP contribution is 2.16. The summed E-state index contributed by atoms with van der Waals surface area (Å²) in [6, 6.07) is 0.383. The summed E-state index contributed by atoms with van der Waals surface area (Å²) in [6.07, 6.45) is 8.90. The van der Waals surface area contributed by atoms with Crippen LogP contribution < -0.4 is 26.6 Å². The molecule has 0 radical (unpaired) electrons. The Hall–Kier alpha value is -2.70. The molecule has 3 rings (SSSR count). The van der Waals surface area contributed by atoms with E-state index in [1.54, 1.807) is 12.4 Å². The first-order chi connectivity index (χ1) is 14.8. The predicted molar refractivity (Wildman–Crippen MR) is 130 cm³/mol. The van der Waals surface area contributed by atoms with Crippen LogP contribution >= 0.6 is 11.6 Å². The molecule has 0 bridgehead atoms. The van der Waals surface area contributed by atoms with Crippen molar-refractivity contribution >= 4 is 42.4 Å². The minimum Gasteiger partial charge on any atom is -0.358 e. The fourth-order valence-electron chi connectivity index (χ4n) is 3.66. The normalized spacial score (nSPS) is 19.3. The van der Waals surface area contributed by atoms with Crippen molar-refractivity contribution < 1.29 is 0 Å². The summed E-state index contributed by atoms with van der Waals surface area (Å²) < 4.78 is 0. The third kappa shape index (κ3) is 5.32. The number of allylic oxidation sites excluding steroid dienone is 2. The van der Waals surface area contributed by atoms with Crippen LogP contribution in [0.4, 0.5) is 0 Å². The molecule has 0 amide bonds. The van der Waals surface area contributed by atoms with Crippen molar-refractivity contribution in [3.63, 3.8) is 0 Å². The van der Waals surface area contributed by atoms with E-state index in [9.17, 15) is 0 Å². The Morgan fingerprint density at radius 3 is 2.68 bits per heavy atom. The highest BCUT2D eigenvalue weighted by Gasteiger charge is 2.22. The molecule has 2 N–H and O–H groups in total. The van der Waals surface area contributed by atoms with E-state index in [4.69, 9.17) is 16.6 Å². The van der Waals surface area contributed by atoms with Crippen LogP contribution in [-0.4, -0.2) is 44.8 Å². The molecule has 0 spiro atoms. The lowest BCUT2D eigenvalue weighted by molar-refractivity contribution is 0.470. The fourth-order valence-corrected chi connectivity index (χ4v) is 4.04. The average Bonchev–Trinajstić information content (AvgIpc) is 3.30. The van der Waals surface area contributed by atoms with E-state index in [0.29, 0.717) is 22.8 Å². The molecule has 0 aliphatic carbocycles. The molecule has 1 atom stereocenters. The largest absolute Gasteiger partial charge is 0.358 e. The lowest BCUT2D eigenvalue weighted by Gasteiger charge is -2.18. The van der Waals surface area contributed by atoms with Crippen molar-refractivity contribution in [1.29, 1.82) is 0 Å². The van der Waals surface area contributed by atoms with Crippen LogP contribution in [-0.2, 0) is 6.42 Å². The third-order valence-electron chi connectivity index (χ3n) is 5.35. The van der Waals surface area contributed by atoms with Crippen LogP contribution in [0.15, 0.2) is 29.0 Å². The van der Waals surface area contributed by atoms with Gasteiger partial charge in [0.05, 0.1) is 27.6 Å². The van der Waals surface area contributed by atoms with Gasteiger partial charge in [-0.15, -0.1) is 0 Å². The first kappa shape index (κ1) is 23.0. The maximum atomic E-state index is 6.73. The Balaban J connectivity index is 2.05. The van der Waals surface area contributed by atoms with Gasteiger partial charge in [-0.1, -0.05) is 37.8 Å². The van der Waals surface area contributed by atoms with Gasteiger partial charge in [-0.05, 0) is 38.8 Å². The van der Waals surface area contributed by atoms with E-state index in [-0.39, 0.29) is 0 Å². The molecule has 6 nitrogen and oxygen atoms in total. The number of hydrogen-bond donors (Lipinski definition) is 2. The molecule has 3 heterocycles. The number of H-pyrrole nitrogens is 1. The summed E-state index contributed by atoms with van der Waals surface area (Å²) >= 11 is 6.73. The second-order valence-corrected chi connectivity index (χ2v) is 8.23. The van der Waals surface area contributed by atoms with Gasteiger partial charge in [0, 0.05) is 48.2 Å². The van der Waals surface area contributed by atoms with Crippen LogP contribution in [0.5, 0.6) is 0 Å². The van der Waals surface area contributed by atoms with Gasteiger partial charge in [0.1, 0.15) is 5.82 Å². The van der Waals surface area contributed by atoms with Crippen molar-refractivity contribution in [3.05, 3.63) is 56.0 Å². The molecule has 0 aromatic carbocycles. The van der Waals surface area contributed by atoms with Gasteiger partial charge in [-0.2, -0.15) is 0 Å². The third-order valence-corrected chi connectivity index (χ3v) is 5.76. The summed E-state index contributed by atoms with van der Waals surface area (Å²) in [7, 11) is 0. The fraction of sp³-hybridized carbons (Fsp3) is 0.375. The van der Waals surface area contributed by atoms with Crippen molar-refractivity contribution in [3.8, 4) is 0 Å². The Kier molecular flexibility index (Phi) is 7.46. The number of aryl methyl sites for hydroxylation is 1. The molecule has 1 fully saturated rings. The summed E-state index contributed by atoms with van der Waals surface area (Å²) in [6.45, 7) is 18.0. The predicted octanol–water partition coefficient (Wildman–Crippen LogP) is 1.44. The number of halogens is 1. The summed E-state index contributed by atoms with van der Waals surface area (Å²) in [5.41, 5.74) is 3.06. The second kappa shape index (κ2) is 10.1. The molecular weight excluding hydrogens is 408 g/mol. The zero-order valence-corrected chi connectivity index (χ0v) is 19.6. The molecule has 1 aliphatic rings. The Morgan fingerprint density at radius 2 is 2.10 bits per heavy atom. The van der Waals surface area contributed by atoms with E-state index >= 15 is 0 Å². The van der Waals surface area contributed by atoms with Gasteiger partial charge in [0.2, 0.25) is 0 Å². The molecule has 1 unspecified atom stereocenters. The van der Waals surface area contributed by atoms with Gasteiger partial charge in [0.25, 0.3) is 0 Å². The van der Waals surface area contributed by atoms with Gasteiger partial charge in [0.15, 0.2) is 0 Å². The minimum atomic E-state index is 0.383. The molecule has 1 saturated heterocycles. The molecule has 1 aliphatic heterocycles. The number of nitrogens with zero attached hydrogens (tertiary/aromatic N) is 4. The zero-order valence-electron chi connectivity index (χ0n) is 18.8. The summed E-state index contributed by atoms with van der Waals surface area (Å²) in [5.74, 6) is 0.855. The number of aromatic amines is 1. The van der Waals surface area contributed by atoms with E-state index in [2.05, 4.69) is 58.2 Å². The topological polar surface area (TPSA) is 69.2 Å². The Bertz CT molecular complexity index is 1220. The zero-order chi connectivity index (χ0) is 22.5. The highest BCUT2D eigenvalue weighted by molar-refractivity contribution is 6.31. The standard InChI is InChI=1S/C24H31ClN6/c1-7-19(12-21-17(5)26-9-10-27-21)11-15(3)29-24(31-13-16(4)28-14-31)22-18(6)30-20(8-2)23(22)25/h7,9-10,12,16,28,30H,5-6,8,11,13-14H2,1-4H3/b19-7-,21-12+,24-22-,29-15+. The quantitative estimate of drug-likeness (QED) is 0.669. The van der Waals surface area contributed by atoms with E-state index in [1.165, 1.54) is 0 Å². The maximum absolute atomic E-state index is 6.73. The van der Waals surface area contributed by atoms with Crippen LogP contribution in [0.25, 0.3) is 25.1 Å². The lowest BCUT2D eigenvalue weighted by Crippen LogP contribution is -2.33. The minimum absolute atomic E-state index is 0.383. The summed E-state index contributed by atoms with van der Waals surface area (Å²) in [5, 5.41) is 7.28. The Morgan fingerprint density at radius 1 is 1.35 bits per heavy atom. The first-order valence-electron chi connectivity index (χ1n) is 10.6. The number of aromatic nitrogens is 3. The number of hydrogen-bond acceptors (Lipinski definition) is 5. The molecule has 0 saturated carbocycles. The van der Waals surface area contributed by atoms with Crippen LogP contribution in [0.2, 0.25) is 5.02 Å². The van der Waals surface area contributed by atoms with E-state index < -0.39 is 0 Å². The van der Waals surface area contributed by atoms with Crippen molar-refractivity contribution in [2.45, 2.75) is 46.6 Å². The van der Waals surface area contributed by atoms with Crippen molar-refractivity contribution in [2.24, 2.45) is 4.99 Å². The summed E-state index contributed by atoms with van der Waals surface area (Å²) in [4.78, 5) is 19.2. The van der Waals surface area contributed by atoms with Gasteiger partial charge in [-0.25, -0.2) is 4.99 Å². The molecule has 7 heteroatoms. The molecule has 164 valence electrons. The molecule has 2 aromatic heterocycles. The van der Waals surface area contributed by atoms with Gasteiger partial charge >= 0.3 is 0 Å². The number of nitrogens with one attached hydrogen (secondary N) is 2. The van der Waals surface area contributed by atoms with Crippen molar-refractivity contribution in [2.75, 3.05) is 13.2 Å². The average molecular weight is 439 g/mol. The highest BCUT2D eigenvalue weighted by atomic mass is 35.5. The lowest BCUT2D eigenvalue weighted by atomic mass is 10.1. The number of aliphatic imine (C=N–C) groups is 1. The monoisotopic (exact) mass is 438 g/mol. The van der Waals surface area contributed by atoms with Crippen LogP contribution in [0, 0.1) is 0 Å². The van der Waals surface area contributed by atoms with Crippen molar-refractivity contribution in [1.82, 2.24) is 25.2 Å². The van der Waals surface area contributed by atoms with Gasteiger partial charge in [-0.3, -0.25) is 15.3 Å². The molecule has 31 heavy (non-hydrogen) atoms. The number of rotatable bonds is 6. The van der Waals surface area contributed by atoms with E-state index in [0.717, 1.165) is 58.4 Å². The Labute approximate surface area is 188 Å². The first-order valence-corrected chi connectivity index (χ1v) is 11.0. The molecule has 2 aromatic rings. The molecular formula is C24H31ClN6. The SMILES string of the molecule is C=c1nccn/c1=C/C(=C\C)C/C(C)=N/C(=c1/c(Cl)c(CC)[nH]c1=C)N1CNC(C)C1. The van der Waals surface area contributed by atoms with Crippen LogP contribution in [0.1, 0.15) is 39.8 Å². The van der Waals surface area contributed by atoms with E-state index in [1.807, 2.05) is 19.9 Å². The van der Waals surface area contributed by atoms with Gasteiger partial charge < -0.3 is 9.88 Å². The smallest absolute Gasteiger partial charge is 0.140 e. The second-order valence-electron chi connectivity index (χ2n) is 7.85. The maximum Gasteiger partial charge on any atom is 0.140 e.